The van der Waals surface area contributed by atoms with Gasteiger partial charge in [-0.2, -0.15) is 8.78 Å². The summed E-state index contributed by atoms with van der Waals surface area (Å²) in [6, 6.07) is 10.1. The number of nitrogens with two attached hydrogens (primary N) is 1. The molecule has 2 aromatic carbocycles. The van der Waals surface area contributed by atoms with E-state index >= 15 is 0 Å². The fourth-order valence-electron chi connectivity index (χ4n) is 6.74. The predicted octanol–water partition coefficient (Wildman–Crippen LogP) is 7.91. The Bertz CT molecular complexity index is 1910. The molecule has 5 N–H and O–H groups in total. The van der Waals surface area contributed by atoms with Crippen molar-refractivity contribution < 1.29 is 41.9 Å². The molecule has 1 aliphatic rings. The zero-order valence-corrected chi connectivity index (χ0v) is 36.3. The highest BCUT2D eigenvalue weighted by atomic mass is 79.9. The number of nitrogens with one attached hydrogen (secondary N) is 2. The van der Waals surface area contributed by atoms with Gasteiger partial charge in [0.2, 0.25) is 17.7 Å². The Morgan fingerprint density at radius 1 is 1.05 bits per heavy atom. The standard InChI is InChI=1S/C40H55BrF2N5O7PS/c1-5-55-56(53,54)40(42,43)28-14-19-32-27(25-28)26-33(57-32)36(50)46-35(39(2,3)4)38(52)48-23-12-13-31(48)37(51)47(30-17-15-29(41)16-18-30)24-20-34(49)45-22-11-9-7-6-8-10-21-44/h14-19,25-26,31,35H,5-13,20-24,44H2,1-4H3,(H,45,49)(H,46,50)(H,53,54)/t31-,35+/m0/s1. The summed E-state index contributed by atoms with van der Waals surface area (Å²) in [4.78, 5) is 68.5. The molecule has 0 bridgehead atoms. The molecule has 0 aliphatic carbocycles. The van der Waals surface area contributed by atoms with Gasteiger partial charge >= 0.3 is 13.3 Å². The number of hydrogen-bond donors (Lipinski definition) is 4. The molecule has 1 saturated heterocycles. The number of anilines is 1. The molecule has 0 saturated carbocycles. The quantitative estimate of drug-likeness (QED) is 0.0655. The number of likely N-dealkylation sites (tertiary alicyclic amines) is 1. The molecule has 4 amide bonds. The van der Waals surface area contributed by atoms with Crippen LogP contribution in [-0.4, -0.2) is 78.3 Å². The van der Waals surface area contributed by atoms with Gasteiger partial charge in [-0.15, -0.1) is 11.3 Å². The van der Waals surface area contributed by atoms with Gasteiger partial charge in [0.25, 0.3) is 5.91 Å². The van der Waals surface area contributed by atoms with Gasteiger partial charge in [0, 0.05) is 46.5 Å². The van der Waals surface area contributed by atoms with Gasteiger partial charge in [-0.05, 0) is 92.4 Å². The Hall–Kier alpha value is -3.27. The van der Waals surface area contributed by atoms with Gasteiger partial charge in [0.05, 0.1) is 11.5 Å². The number of halogens is 3. The van der Waals surface area contributed by atoms with E-state index in [1.54, 1.807) is 49.9 Å². The molecule has 1 aliphatic heterocycles. The third-order valence-electron chi connectivity index (χ3n) is 9.88. The summed E-state index contributed by atoms with van der Waals surface area (Å²) < 4.78 is 48.0. The first-order valence-electron chi connectivity index (χ1n) is 19.5. The normalized spacial score (nSPS) is 16.3. The van der Waals surface area contributed by atoms with E-state index in [0.29, 0.717) is 36.3 Å². The van der Waals surface area contributed by atoms with Crippen LogP contribution in [0.5, 0.6) is 0 Å². The van der Waals surface area contributed by atoms with Gasteiger partial charge in [-0.25, -0.2) is 0 Å². The predicted molar refractivity (Wildman–Crippen MR) is 223 cm³/mol. The summed E-state index contributed by atoms with van der Waals surface area (Å²) in [6.45, 7) is 7.97. The van der Waals surface area contributed by atoms with Crippen LogP contribution in [0.3, 0.4) is 0 Å². The van der Waals surface area contributed by atoms with E-state index in [9.17, 15) is 37.4 Å². The van der Waals surface area contributed by atoms with E-state index in [-0.39, 0.29) is 48.2 Å². The largest absolute Gasteiger partial charge is 0.401 e. The minimum absolute atomic E-state index is 0.0692. The van der Waals surface area contributed by atoms with Crippen molar-refractivity contribution in [3.63, 3.8) is 0 Å². The Morgan fingerprint density at radius 3 is 2.37 bits per heavy atom. The summed E-state index contributed by atoms with van der Waals surface area (Å²) in [5.74, 6) is -1.56. The third kappa shape index (κ3) is 12.1. The van der Waals surface area contributed by atoms with E-state index in [1.807, 2.05) is 0 Å². The van der Waals surface area contributed by atoms with Crippen LogP contribution >= 0.6 is 34.9 Å². The van der Waals surface area contributed by atoms with Gasteiger partial charge < -0.3 is 35.6 Å². The number of hydrogen-bond acceptors (Lipinski definition) is 8. The van der Waals surface area contributed by atoms with Crippen LogP contribution in [0.15, 0.2) is 53.0 Å². The maximum Gasteiger partial charge on any atom is 0.401 e. The summed E-state index contributed by atoms with van der Waals surface area (Å²) in [7, 11) is -5.32. The lowest BCUT2D eigenvalue weighted by Crippen LogP contribution is -2.58. The molecule has 3 atom stereocenters. The number of carbonyl (C=O) groups excluding carboxylic acids is 4. The highest BCUT2D eigenvalue weighted by molar-refractivity contribution is 9.10. The number of nitrogens with zero attached hydrogens (tertiary/aromatic N) is 2. The molecule has 3 aromatic rings. The fourth-order valence-corrected chi connectivity index (χ4v) is 8.93. The minimum atomic E-state index is -5.32. The second kappa shape index (κ2) is 20.6. The van der Waals surface area contributed by atoms with Crippen LogP contribution < -0.4 is 21.3 Å². The molecule has 1 aromatic heterocycles. The van der Waals surface area contributed by atoms with Gasteiger partial charge in [0.1, 0.15) is 12.1 Å². The van der Waals surface area contributed by atoms with Crippen LogP contribution in [0.4, 0.5) is 14.5 Å². The summed E-state index contributed by atoms with van der Waals surface area (Å²) in [5.41, 5.74) is 0.423. The van der Waals surface area contributed by atoms with Gasteiger partial charge in [0.15, 0.2) is 0 Å². The maximum atomic E-state index is 15.0. The van der Waals surface area contributed by atoms with E-state index in [1.165, 1.54) is 24.0 Å². The molecule has 12 nitrogen and oxygen atoms in total. The molecule has 0 spiro atoms. The monoisotopic (exact) mass is 897 g/mol. The first-order chi connectivity index (χ1) is 26.9. The van der Waals surface area contributed by atoms with Crippen molar-refractivity contribution in [2.75, 3.05) is 37.7 Å². The van der Waals surface area contributed by atoms with E-state index in [4.69, 9.17) is 5.73 Å². The molecular formula is C40H55BrF2N5O7PS. The molecule has 1 fully saturated rings. The molecule has 314 valence electrons. The number of carbonyl (C=O) groups is 4. The van der Waals surface area contributed by atoms with Crippen molar-refractivity contribution in [2.24, 2.45) is 11.1 Å². The number of amides is 4. The fraction of sp³-hybridized carbons (Fsp3) is 0.550. The number of rotatable bonds is 20. The van der Waals surface area contributed by atoms with Crippen molar-refractivity contribution in [1.82, 2.24) is 15.5 Å². The third-order valence-corrected chi connectivity index (χ3v) is 13.1. The number of benzene rings is 2. The average molecular weight is 899 g/mol. The first kappa shape index (κ1) is 46.4. The molecular weight excluding hydrogens is 843 g/mol. The molecule has 1 unspecified atom stereocenters. The van der Waals surface area contributed by atoms with Crippen LogP contribution in [0.25, 0.3) is 10.1 Å². The van der Waals surface area contributed by atoms with E-state index in [2.05, 4.69) is 31.1 Å². The topological polar surface area (TPSA) is 171 Å². The zero-order valence-electron chi connectivity index (χ0n) is 33.0. The Morgan fingerprint density at radius 2 is 1.72 bits per heavy atom. The van der Waals surface area contributed by atoms with Crippen LogP contribution in [0.1, 0.15) is 101 Å². The smallest absolute Gasteiger partial charge is 0.356 e. The molecule has 17 heteroatoms. The van der Waals surface area contributed by atoms with Crippen LogP contribution in [-0.2, 0) is 29.1 Å². The van der Waals surface area contributed by atoms with E-state index < -0.39 is 48.1 Å². The maximum absolute atomic E-state index is 15.0. The van der Waals surface area contributed by atoms with Crippen molar-refractivity contribution in [2.45, 2.75) is 103 Å². The number of alkyl halides is 2. The lowest BCUT2D eigenvalue weighted by Gasteiger charge is -2.36. The summed E-state index contributed by atoms with van der Waals surface area (Å²) >= 11 is 4.46. The van der Waals surface area contributed by atoms with Gasteiger partial charge in [-0.1, -0.05) is 68.5 Å². The SMILES string of the molecule is CCOP(=O)(O)C(F)(F)c1ccc2sc(C(=O)N[C@H](C(=O)N3CCC[C@H]3C(=O)N(CCC(=O)NCCCCCCCCN)c3ccc(Br)cc3)C(C)(C)C)cc2c1. The van der Waals surface area contributed by atoms with Crippen molar-refractivity contribution >= 4 is 74.3 Å². The Labute approximate surface area is 345 Å². The average Bonchev–Trinajstić information content (AvgIpc) is 3.83. The van der Waals surface area contributed by atoms with Crippen LogP contribution in [0.2, 0.25) is 0 Å². The number of thiophene rings is 1. The molecule has 0 radical (unpaired) electrons. The molecule has 2 heterocycles. The van der Waals surface area contributed by atoms with Crippen LogP contribution in [0, 0.1) is 5.41 Å². The summed E-state index contributed by atoms with van der Waals surface area (Å²) in [5, 5.41) is 6.05. The number of unbranched alkanes of at least 4 members (excludes halogenated alkanes) is 5. The highest BCUT2D eigenvalue weighted by Crippen LogP contribution is 2.63. The van der Waals surface area contributed by atoms with Crippen molar-refractivity contribution in [3.8, 4) is 0 Å². The second-order valence-electron chi connectivity index (χ2n) is 15.3. The summed E-state index contributed by atoms with van der Waals surface area (Å²) in [6.07, 6.45) is 7.22. The molecule has 4 rings (SSSR count). The second-order valence-corrected chi connectivity index (χ2v) is 19.1. The van der Waals surface area contributed by atoms with Crippen molar-refractivity contribution in [1.29, 1.82) is 0 Å². The Kier molecular flexibility index (Phi) is 16.8. The van der Waals surface area contributed by atoms with Crippen molar-refractivity contribution in [3.05, 3.63) is 63.4 Å². The lowest BCUT2D eigenvalue weighted by atomic mass is 9.85. The Balaban J connectivity index is 1.48. The lowest BCUT2D eigenvalue weighted by molar-refractivity contribution is -0.141. The number of fused-ring (bicyclic) bond motifs is 1. The first-order valence-corrected chi connectivity index (χ1v) is 22.6. The highest BCUT2D eigenvalue weighted by Gasteiger charge is 2.52. The molecule has 57 heavy (non-hydrogen) atoms. The zero-order chi connectivity index (χ0) is 42.0. The van der Waals surface area contributed by atoms with Gasteiger partial charge in [-0.3, -0.25) is 23.7 Å². The minimum Gasteiger partial charge on any atom is -0.356 e. The van der Waals surface area contributed by atoms with E-state index in [0.717, 1.165) is 66.5 Å².